The minimum atomic E-state index is -3.58. The van der Waals surface area contributed by atoms with E-state index in [1.54, 1.807) is 0 Å². The van der Waals surface area contributed by atoms with Crippen molar-refractivity contribution in [3.8, 4) is 0 Å². The summed E-state index contributed by atoms with van der Waals surface area (Å²) in [5.41, 5.74) is 0. The van der Waals surface area contributed by atoms with Crippen LogP contribution in [0.25, 0.3) is 0 Å². The van der Waals surface area contributed by atoms with Gasteiger partial charge in [0, 0.05) is 18.5 Å². The van der Waals surface area contributed by atoms with Crippen molar-refractivity contribution in [3.63, 3.8) is 0 Å². The van der Waals surface area contributed by atoms with Crippen molar-refractivity contribution >= 4 is 21.6 Å². The molecule has 0 radical (unpaired) electrons. The number of rotatable bonds is 5. The first-order chi connectivity index (χ1) is 9.05. The number of alkyl halides is 1. The van der Waals surface area contributed by atoms with E-state index in [0.29, 0.717) is 6.54 Å². The molecule has 0 unspecified atom stereocenters. The number of halogens is 2. The first-order valence-electron chi connectivity index (χ1n) is 6.39. The SMILES string of the molecule is O=S(=O)(c1ccc(F)cc1)N(CCCl)C1CCCC1. The molecule has 0 aliphatic heterocycles. The Balaban J connectivity index is 2.30. The van der Waals surface area contributed by atoms with Crippen LogP contribution in [0.15, 0.2) is 29.2 Å². The van der Waals surface area contributed by atoms with Crippen LogP contribution in [0.5, 0.6) is 0 Å². The zero-order valence-corrected chi connectivity index (χ0v) is 12.1. The van der Waals surface area contributed by atoms with Gasteiger partial charge in [-0.1, -0.05) is 12.8 Å². The molecule has 3 nitrogen and oxygen atoms in total. The third-order valence-corrected chi connectivity index (χ3v) is 5.59. The molecule has 0 bridgehead atoms. The Morgan fingerprint density at radius 1 is 1.21 bits per heavy atom. The van der Waals surface area contributed by atoms with Crippen molar-refractivity contribution in [1.29, 1.82) is 0 Å². The van der Waals surface area contributed by atoms with E-state index < -0.39 is 15.8 Å². The highest BCUT2D eigenvalue weighted by atomic mass is 35.5. The maximum Gasteiger partial charge on any atom is 0.243 e. The summed E-state index contributed by atoms with van der Waals surface area (Å²) >= 11 is 5.73. The number of hydrogen-bond acceptors (Lipinski definition) is 2. The van der Waals surface area contributed by atoms with Crippen LogP contribution in [0.1, 0.15) is 25.7 Å². The number of benzene rings is 1. The Hall–Kier alpha value is -0.650. The van der Waals surface area contributed by atoms with Gasteiger partial charge in [-0.25, -0.2) is 12.8 Å². The Bertz CT molecular complexity index is 512. The molecule has 1 aliphatic rings. The minimum absolute atomic E-state index is 0.0220. The smallest absolute Gasteiger partial charge is 0.207 e. The van der Waals surface area contributed by atoms with Gasteiger partial charge in [0.15, 0.2) is 0 Å². The third kappa shape index (κ3) is 3.27. The molecule has 2 rings (SSSR count). The highest BCUT2D eigenvalue weighted by Crippen LogP contribution is 2.28. The molecule has 1 fully saturated rings. The summed E-state index contributed by atoms with van der Waals surface area (Å²) in [5, 5.41) is 0. The molecule has 0 amide bonds. The van der Waals surface area contributed by atoms with Crippen molar-refractivity contribution in [2.45, 2.75) is 36.6 Å². The summed E-state index contributed by atoms with van der Waals surface area (Å²) < 4.78 is 39.5. The van der Waals surface area contributed by atoms with E-state index in [9.17, 15) is 12.8 Å². The molecule has 0 heterocycles. The molecule has 0 saturated heterocycles. The van der Waals surface area contributed by atoms with Gasteiger partial charge in [0.25, 0.3) is 0 Å². The molecule has 0 aromatic heterocycles. The van der Waals surface area contributed by atoms with E-state index in [0.717, 1.165) is 25.7 Å². The van der Waals surface area contributed by atoms with Gasteiger partial charge in [-0.05, 0) is 37.1 Å². The van der Waals surface area contributed by atoms with E-state index in [4.69, 9.17) is 11.6 Å². The highest BCUT2D eigenvalue weighted by Gasteiger charge is 2.32. The standard InChI is InChI=1S/C13H17ClFNO2S/c14-9-10-16(12-3-1-2-4-12)19(17,18)13-7-5-11(15)6-8-13/h5-8,12H,1-4,9-10H2. The van der Waals surface area contributed by atoms with Crippen LogP contribution in [-0.4, -0.2) is 31.2 Å². The molecule has 0 atom stereocenters. The number of nitrogens with zero attached hydrogens (tertiary/aromatic N) is 1. The van der Waals surface area contributed by atoms with Crippen LogP contribution in [0.2, 0.25) is 0 Å². The van der Waals surface area contributed by atoms with Crippen molar-refractivity contribution < 1.29 is 12.8 Å². The molecule has 106 valence electrons. The lowest BCUT2D eigenvalue weighted by molar-refractivity contribution is 0.337. The second kappa shape index (κ2) is 6.20. The summed E-state index contributed by atoms with van der Waals surface area (Å²) in [6.07, 6.45) is 3.83. The Kier molecular flexibility index (Phi) is 4.81. The summed E-state index contributed by atoms with van der Waals surface area (Å²) in [4.78, 5) is 0.130. The van der Waals surface area contributed by atoms with E-state index >= 15 is 0 Å². The lowest BCUT2D eigenvalue weighted by Gasteiger charge is -2.27. The zero-order valence-electron chi connectivity index (χ0n) is 10.6. The Labute approximate surface area is 118 Å². The normalized spacial score (nSPS) is 17.2. The van der Waals surface area contributed by atoms with Crippen molar-refractivity contribution in [2.24, 2.45) is 0 Å². The molecule has 19 heavy (non-hydrogen) atoms. The summed E-state index contributed by atoms with van der Waals surface area (Å²) in [7, 11) is -3.58. The van der Waals surface area contributed by atoms with Gasteiger partial charge < -0.3 is 0 Å². The molecular formula is C13H17ClFNO2S. The fraction of sp³-hybridized carbons (Fsp3) is 0.538. The second-order valence-corrected chi connectivity index (χ2v) is 6.97. The van der Waals surface area contributed by atoms with Crippen molar-refractivity contribution in [2.75, 3.05) is 12.4 Å². The average molecular weight is 306 g/mol. The predicted octanol–water partition coefficient (Wildman–Crippen LogP) is 3.00. The summed E-state index contributed by atoms with van der Waals surface area (Å²) in [6.45, 7) is 0.298. The van der Waals surface area contributed by atoms with Gasteiger partial charge in [0.05, 0.1) is 4.90 Å². The lowest BCUT2D eigenvalue weighted by atomic mass is 10.2. The second-order valence-electron chi connectivity index (χ2n) is 4.70. The lowest BCUT2D eigenvalue weighted by Crippen LogP contribution is -2.40. The molecule has 1 aromatic carbocycles. The maximum atomic E-state index is 12.9. The molecule has 6 heteroatoms. The Morgan fingerprint density at radius 3 is 2.32 bits per heavy atom. The first-order valence-corrected chi connectivity index (χ1v) is 8.36. The van der Waals surface area contributed by atoms with E-state index in [1.807, 2.05) is 0 Å². The van der Waals surface area contributed by atoms with Gasteiger partial charge in [-0.15, -0.1) is 11.6 Å². The monoisotopic (exact) mass is 305 g/mol. The van der Waals surface area contributed by atoms with Crippen LogP contribution in [0.3, 0.4) is 0 Å². The highest BCUT2D eigenvalue weighted by molar-refractivity contribution is 7.89. The average Bonchev–Trinajstić information content (AvgIpc) is 2.89. The van der Waals surface area contributed by atoms with Crippen LogP contribution < -0.4 is 0 Å². The molecular weight excluding hydrogens is 289 g/mol. The fourth-order valence-electron chi connectivity index (χ4n) is 2.52. The van der Waals surface area contributed by atoms with Crippen LogP contribution >= 0.6 is 11.6 Å². The fourth-order valence-corrected chi connectivity index (χ4v) is 4.48. The van der Waals surface area contributed by atoms with Crippen molar-refractivity contribution in [3.05, 3.63) is 30.1 Å². The third-order valence-electron chi connectivity index (χ3n) is 3.46. The molecule has 1 aliphatic carbocycles. The van der Waals surface area contributed by atoms with Gasteiger partial charge in [0.1, 0.15) is 5.82 Å². The number of sulfonamides is 1. The molecule has 0 N–H and O–H groups in total. The van der Waals surface area contributed by atoms with Crippen LogP contribution in [-0.2, 0) is 10.0 Å². The van der Waals surface area contributed by atoms with Crippen LogP contribution in [0, 0.1) is 5.82 Å². The Morgan fingerprint density at radius 2 is 1.79 bits per heavy atom. The molecule has 0 spiro atoms. The van der Waals surface area contributed by atoms with Crippen LogP contribution in [0.4, 0.5) is 4.39 Å². The van der Waals surface area contributed by atoms with Gasteiger partial charge in [-0.3, -0.25) is 0 Å². The summed E-state index contributed by atoms with van der Waals surface area (Å²) in [6, 6.07) is 4.97. The van der Waals surface area contributed by atoms with E-state index in [-0.39, 0.29) is 16.8 Å². The van der Waals surface area contributed by atoms with E-state index in [1.165, 1.54) is 28.6 Å². The van der Waals surface area contributed by atoms with Gasteiger partial charge in [0.2, 0.25) is 10.0 Å². The number of hydrogen-bond donors (Lipinski definition) is 0. The van der Waals surface area contributed by atoms with Gasteiger partial charge in [-0.2, -0.15) is 4.31 Å². The molecule has 1 saturated carbocycles. The topological polar surface area (TPSA) is 37.4 Å². The minimum Gasteiger partial charge on any atom is -0.207 e. The van der Waals surface area contributed by atoms with Gasteiger partial charge >= 0.3 is 0 Å². The molecule has 1 aromatic rings. The zero-order chi connectivity index (χ0) is 13.9. The van der Waals surface area contributed by atoms with E-state index in [2.05, 4.69) is 0 Å². The predicted molar refractivity (Wildman–Crippen MR) is 73.3 cm³/mol. The maximum absolute atomic E-state index is 12.9. The largest absolute Gasteiger partial charge is 0.243 e. The first kappa shape index (κ1) is 14.8. The summed E-state index contributed by atoms with van der Waals surface area (Å²) in [5.74, 6) is -0.180. The van der Waals surface area contributed by atoms with Crippen molar-refractivity contribution in [1.82, 2.24) is 4.31 Å². The quantitative estimate of drug-likeness (QED) is 0.784.